The molecule has 24 heavy (non-hydrogen) atoms. The summed E-state index contributed by atoms with van der Waals surface area (Å²) in [5.41, 5.74) is 0. The molecule has 0 spiro atoms. The molecule has 7 nitrogen and oxygen atoms in total. The van der Waals surface area contributed by atoms with Gasteiger partial charge in [0.1, 0.15) is 0 Å². The smallest absolute Gasteiger partial charge is 0.226 e. The highest BCUT2D eigenvalue weighted by atomic mass is 127. The van der Waals surface area contributed by atoms with Crippen molar-refractivity contribution in [3.05, 3.63) is 11.7 Å². The van der Waals surface area contributed by atoms with Crippen LogP contribution in [0.5, 0.6) is 0 Å². The lowest BCUT2D eigenvalue weighted by atomic mass is 10.1. The molecule has 138 valence electrons. The molecule has 0 amide bonds. The van der Waals surface area contributed by atoms with E-state index in [0.717, 1.165) is 45.0 Å². The van der Waals surface area contributed by atoms with Gasteiger partial charge >= 0.3 is 0 Å². The number of aryl methyl sites for hydroxylation is 2. The van der Waals surface area contributed by atoms with Crippen molar-refractivity contribution in [2.75, 3.05) is 39.3 Å². The molecule has 0 aliphatic carbocycles. The Kier molecular flexibility index (Phi) is 11.0. The molecule has 1 aromatic rings. The van der Waals surface area contributed by atoms with Crippen LogP contribution < -0.4 is 10.6 Å². The van der Waals surface area contributed by atoms with Gasteiger partial charge in [0.05, 0.1) is 0 Å². The molecule has 2 N–H and O–H groups in total. The predicted molar refractivity (Wildman–Crippen MR) is 107 cm³/mol. The molecular weight excluding hydrogens is 419 g/mol. The third kappa shape index (κ3) is 8.27. The number of rotatable bonds is 8. The second-order valence-corrected chi connectivity index (χ2v) is 5.93. The van der Waals surface area contributed by atoms with Crippen molar-refractivity contribution in [1.82, 2.24) is 25.7 Å². The largest absolute Gasteiger partial charge is 0.357 e. The molecule has 2 heterocycles. The summed E-state index contributed by atoms with van der Waals surface area (Å²) in [5.74, 6) is 2.28. The molecule has 0 bridgehead atoms. The Bertz CT molecular complexity index is 473. The average molecular weight is 450 g/mol. The van der Waals surface area contributed by atoms with E-state index in [1.54, 1.807) is 0 Å². The highest BCUT2D eigenvalue weighted by molar-refractivity contribution is 14.0. The lowest BCUT2D eigenvalue weighted by Crippen LogP contribution is -2.42. The number of nitrogens with zero attached hydrogens (tertiary/aromatic N) is 4. The summed E-state index contributed by atoms with van der Waals surface area (Å²) in [4.78, 5) is 11.3. The molecule has 1 aliphatic heterocycles. The monoisotopic (exact) mass is 450 g/mol. The van der Waals surface area contributed by atoms with Crippen molar-refractivity contribution < 1.29 is 4.52 Å². The molecule has 1 aromatic heterocycles. The lowest BCUT2D eigenvalue weighted by Gasteiger charge is -2.26. The molecule has 2 rings (SSSR count). The van der Waals surface area contributed by atoms with E-state index in [9.17, 15) is 0 Å². The van der Waals surface area contributed by atoms with Crippen molar-refractivity contribution in [2.24, 2.45) is 4.99 Å². The second kappa shape index (κ2) is 12.5. The molecule has 0 radical (unpaired) electrons. The van der Waals surface area contributed by atoms with Crippen LogP contribution in [0.4, 0.5) is 0 Å². The van der Waals surface area contributed by atoms with Gasteiger partial charge in [0.25, 0.3) is 0 Å². The van der Waals surface area contributed by atoms with Crippen LogP contribution in [0.25, 0.3) is 0 Å². The van der Waals surface area contributed by atoms with Crippen molar-refractivity contribution >= 4 is 29.9 Å². The van der Waals surface area contributed by atoms with E-state index in [2.05, 4.69) is 37.6 Å². The van der Waals surface area contributed by atoms with Gasteiger partial charge < -0.3 is 20.1 Å². The van der Waals surface area contributed by atoms with E-state index < -0.39 is 0 Å². The lowest BCUT2D eigenvalue weighted by molar-refractivity contribution is 0.232. The van der Waals surface area contributed by atoms with Crippen LogP contribution in [0.1, 0.15) is 44.3 Å². The van der Waals surface area contributed by atoms with Crippen LogP contribution >= 0.6 is 24.0 Å². The first kappa shape index (κ1) is 21.1. The topological polar surface area (TPSA) is 78.6 Å². The van der Waals surface area contributed by atoms with Gasteiger partial charge in [-0.25, -0.2) is 0 Å². The molecule has 8 heteroatoms. The fourth-order valence-corrected chi connectivity index (χ4v) is 2.72. The van der Waals surface area contributed by atoms with Gasteiger partial charge in [-0.2, -0.15) is 4.98 Å². The zero-order valence-electron chi connectivity index (χ0n) is 14.9. The van der Waals surface area contributed by atoms with Crippen LogP contribution in [0.15, 0.2) is 9.52 Å². The number of guanidine groups is 1. The Hall–Kier alpha value is -0.900. The number of aliphatic imine (C=N–C) groups is 1. The van der Waals surface area contributed by atoms with Gasteiger partial charge in [-0.05, 0) is 46.2 Å². The number of halogens is 1. The summed E-state index contributed by atoms with van der Waals surface area (Å²) in [5, 5.41) is 10.5. The first-order chi connectivity index (χ1) is 11.3. The maximum Gasteiger partial charge on any atom is 0.226 e. The molecule has 0 saturated carbocycles. The van der Waals surface area contributed by atoms with E-state index in [-0.39, 0.29) is 24.0 Å². The minimum Gasteiger partial charge on any atom is -0.357 e. The third-order valence-corrected chi connectivity index (χ3v) is 3.90. The van der Waals surface area contributed by atoms with E-state index in [0.29, 0.717) is 11.7 Å². The zero-order chi connectivity index (χ0) is 16.3. The molecular formula is C16H31IN6O. The van der Waals surface area contributed by atoms with Crippen LogP contribution in [0.3, 0.4) is 0 Å². The Morgan fingerprint density at radius 2 is 2.04 bits per heavy atom. The summed E-state index contributed by atoms with van der Waals surface area (Å²) in [6, 6.07) is 0. The fourth-order valence-electron chi connectivity index (χ4n) is 2.72. The summed E-state index contributed by atoms with van der Waals surface area (Å²) in [6.45, 7) is 10.0. The highest BCUT2D eigenvalue weighted by Gasteiger charge is 2.09. The fraction of sp³-hybridized carbons (Fsp3) is 0.812. The number of likely N-dealkylation sites (tertiary alicyclic amines) is 1. The van der Waals surface area contributed by atoms with Crippen molar-refractivity contribution in [2.45, 2.75) is 46.0 Å². The predicted octanol–water partition coefficient (Wildman–Crippen LogP) is 1.97. The molecule has 1 aliphatic rings. The minimum atomic E-state index is 0. The first-order valence-corrected chi connectivity index (χ1v) is 8.81. The van der Waals surface area contributed by atoms with Crippen LogP contribution in [-0.2, 0) is 6.42 Å². The van der Waals surface area contributed by atoms with E-state index in [4.69, 9.17) is 4.52 Å². The number of aromatic nitrogens is 2. The van der Waals surface area contributed by atoms with Crippen LogP contribution in [0, 0.1) is 6.92 Å². The standard InChI is InChI=1S/C16H30N6O.HI/c1-3-17-16(19-10-13-22-11-5-4-6-12-22)18-9-7-8-15-20-14(2)21-23-15;/h3-13H2,1-2H3,(H2,17,18,19);1H. The summed E-state index contributed by atoms with van der Waals surface area (Å²) in [6.07, 6.45) is 5.74. The second-order valence-electron chi connectivity index (χ2n) is 5.93. The highest BCUT2D eigenvalue weighted by Crippen LogP contribution is 2.07. The summed E-state index contributed by atoms with van der Waals surface area (Å²) in [7, 11) is 0. The molecule has 0 aromatic carbocycles. The third-order valence-electron chi connectivity index (χ3n) is 3.90. The number of piperidine rings is 1. The van der Waals surface area contributed by atoms with Crippen molar-refractivity contribution in [1.29, 1.82) is 0 Å². The Labute approximate surface area is 162 Å². The molecule has 0 atom stereocenters. The quantitative estimate of drug-likeness (QED) is 0.273. The van der Waals surface area contributed by atoms with E-state index in [1.165, 1.54) is 32.4 Å². The van der Waals surface area contributed by atoms with Gasteiger partial charge in [-0.3, -0.25) is 4.99 Å². The van der Waals surface area contributed by atoms with Gasteiger partial charge in [0.15, 0.2) is 11.8 Å². The number of hydrogen-bond acceptors (Lipinski definition) is 5. The van der Waals surface area contributed by atoms with Crippen molar-refractivity contribution in [3.8, 4) is 0 Å². The molecule has 0 unspecified atom stereocenters. The van der Waals surface area contributed by atoms with Crippen LogP contribution in [0.2, 0.25) is 0 Å². The van der Waals surface area contributed by atoms with Crippen LogP contribution in [-0.4, -0.2) is 60.3 Å². The minimum absolute atomic E-state index is 0. The maximum atomic E-state index is 5.10. The van der Waals surface area contributed by atoms with Gasteiger partial charge in [-0.15, -0.1) is 24.0 Å². The average Bonchev–Trinajstić information content (AvgIpc) is 2.98. The normalized spacial score (nSPS) is 15.8. The SMILES string of the molecule is CCNC(=NCCCc1nc(C)no1)NCCN1CCCCC1.I. The molecule has 1 fully saturated rings. The maximum absolute atomic E-state index is 5.10. The first-order valence-electron chi connectivity index (χ1n) is 8.81. The Morgan fingerprint density at radius 1 is 1.25 bits per heavy atom. The summed E-state index contributed by atoms with van der Waals surface area (Å²) >= 11 is 0. The van der Waals surface area contributed by atoms with Gasteiger partial charge in [0, 0.05) is 32.6 Å². The number of hydrogen-bond donors (Lipinski definition) is 2. The van der Waals surface area contributed by atoms with E-state index in [1.807, 2.05) is 6.92 Å². The van der Waals surface area contributed by atoms with E-state index >= 15 is 0 Å². The number of nitrogens with one attached hydrogen (secondary N) is 2. The van der Waals surface area contributed by atoms with Gasteiger partial charge in [0.2, 0.25) is 5.89 Å². The van der Waals surface area contributed by atoms with Crippen molar-refractivity contribution in [3.63, 3.8) is 0 Å². The molecule has 1 saturated heterocycles. The Morgan fingerprint density at radius 3 is 2.71 bits per heavy atom. The summed E-state index contributed by atoms with van der Waals surface area (Å²) < 4.78 is 5.10. The Balaban J connectivity index is 0.00000288. The zero-order valence-corrected chi connectivity index (χ0v) is 17.2. The van der Waals surface area contributed by atoms with Gasteiger partial charge in [-0.1, -0.05) is 11.6 Å².